The van der Waals surface area contributed by atoms with Crippen LogP contribution in [-0.2, 0) is 16.0 Å². The van der Waals surface area contributed by atoms with Crippen molar-refractivity contribution in [1.82, 2.24) is 5.32 Å². The number of hydrogen-bond acceptors (Lipinski definition) is 5. The molecule has 2 amide bonds. The normalized spacial score (nSPS) is 20.0. The second-order valence-corrected chi connectivity index (χ2v) is 7.25. The van der Waals surface area contributed by atoms with Crippen molar-refractivity contribution in [3.63, 3.8) is 0 Å². The number of anilines is 2. The Bertz CT molecular complexity index is 625. The fourth-order valence-electron chi connectivity index (χ4n) is 3.96. The van der Waals surface area contributed by atoms with E-state index in [1.54, 1.807) is 0 Å². The summed E-state index contributed by atoms with van der Waals surface area (Å²) in [4.78, 5) is 23.2. The van der Waals surface area contributed by atoms with Gasteiger partial charge in [0.1, 0.15) is 0 Å². The van der Waals surface area contributed by atoms with Crippen LogP contribution in [0.5, 0.6) is 0 Å². The average molecular weight is 359 g/mol. The van der Waals surface area contributed by atoms with Gasteiger partial charge in [-0.15, -0.1) is 0 Å². The number of carbonyl (C=O) groups is 2. The minimum atomic E-state index is -0.138. The van der Waals surface area contributed by atoms with Gasteiger partial charge in [0.2, 0.25) is 11.8 Å². The third kappa shape index (κ3) is 4.75. The molecule has 3 heterocycles. The zero-order valence-corrected chi connectivity index (χ0v) is 15.3. The first-order chi connectivity index (χ1) is 12.7. The monoisotopic (exact) mass is 359 g/mol. The number of piperidine rings is 2. The summed E-state index contributed by atoms with van der Waals surface area (Å²) in [5.74, 6) is 0.448. The lowest BCUT2D eigenvalue weighted by atomic mass is 9.93. The molecule has 26 heavy (non-hydrogen) atoms. The SMILES string of the molecule is O=C1CCCC(=O)N1.OCCC1CCN(c2cccc3c2CCN3)CC1. The smallest absolute Gasteiger partial charge is 0.226 e. The zero-order valence-electron chi connectivity index (χ0n) is 15.3. The highest BCUT2D eigenvalue weighted by atomic mass is 16.3. The quantitative estimate of drug-likeness (QED) is 0.720. The molecule has 0 spiro atoms. The molecule has 2 saturated heterocycles. The Hall–Kier alpha value is -2.08. The average Bonchev–Trinajstić information content (AvgIpc) is 3.12. The van der Waals surface area contributed by atoms with E-state index in [-0.39, 0.29) is 11.8 Å². The van der Waals surface area contributed by atoms with Gasteiger partial charge < -0.3 is 15.3 Å². The second kappa shape index (κ2) is 9.03. The summed E-state index contributed by atoms with van der Waals surface area (Å²) in [6.45, 7) is 3.70. The Morgan fingerprint density at radius 2 is 1.81 bits per heavy atom. The predicted molar refractivity (Wildman–Crippen MR) is 102 cm³/mol. The first-order valence-corrected chi connectivity index (χ1v) is 9.71. The largest absolute Gasteiger partial charge is 0.396 e. The van der Waals surface area contributed by atoms with Crippen LogP contribution in [0.1, 0.15) is 44.1 Å². The van der Waals surface area contributed by atoms with E-state index >= 15 is 0 Å². The summed E-state index contributed by atoms with van der Waals surface area (Å²) < 4.78 is 0. The van der Waals surface area contributed by atoms with Crippen LogP contribution in [0.4, 0.5) is 11.4 Å². The summed E-state index contributed by atoms with van der Waals surface area (Å²) in [6, 6.07) is 6.61. The molecule has 0 radical (unpaired) electrons. The molecule has 142 valence electrons. The van der Waals surface area contributed by atoms with Crippen molar-refractivity contribution in [1.29, 1.82) is 0 Å². The minimum absolute atomic E-state index is 0.138. The third-order valence-corrected chi connectivity index (χ3v) is 5.42. The molecule has 4 rings (SSSR count). The number of aliphatic hydroxyl groups is 1. The topological polar surface area (TPSA) is 81.7 Å². The molecule has 0 bridgehead atoms. The highest BCUT2D eigenvalue weighted by Gasteiger charge is 2.23. The molecular weight excluding hydrogens is 330 g/mol. The highest BCUT2D eigenvalue weighted by Crippen LogP contribution is 2.34. The van der Waals surface area contributed by atoms with Gasteiger partial charge in [-0.3, -0.25) is 14.9 Å². The molecule has 0 saturated carbocycles. The summed E-state index contributed by atoms with van der Waals surface area (Å²) in [6.07, 6.45) is 6.29. The molecular formula is C20H29N3O3. The van der Waals surface area contributed by atoms with Crippen LogP contribution in [0.3, 0.4) is 0 Å². The molecule has 6 heteroatoms. The lowest BCUT2D eigenvalue weighted by Crippen LogP contribution is -2.34. The van der Waals surface area contributed by atoms with Crippen molar-refractivity contribution in [2.45, 2.75) is 44.9 Å². The van der Waals surface area contributed by atoms with E-state index in [0.717, 1.165) is 38.4 Å². The van der Waals surface area contributed by atoms with Crippen molar-refractivity contribution in [3.05, 3.63) is 23.8 Å². The first kappa shape index (κ1) is 18.7. The maximum Gasteiger partial charge on any atom is 0.226 e. The van der Waals surface area contributed by atoms with Crippen molar-refractivity contribution in [3.8, 4) is 0 Å². The van der Waals surface area contributed by atoms with Crippen LogP contribution in [0.15, 0.2) is 18.2 Å². The van der Waals surface area contributed by atoms with Gasteiger partial charge >= 0.3 is 0 Å². The van der Waals surface area contributed by atoms with Gasteiger partial charge in [-0.1, -0.05) is 6.07 Å². The fraction of sp³-hybridized carbons (Fsp3) is 0.600. The van der Waals surface area contributed by atoms with Crippen LogP contribution >= 0.6 is 0 Å². The number of fused-ring (bicyclic) bond motifs is 1. The molecule has 0 aliphatic carbocycles. The van der Waals surface area contributed by atoms with Crippen LogP contribution in [0.25, 0.3) is 0 Å². The first-order valence-electron chi connectivity index (χ1n) is 9.71. The molecule has 3 aliphatic rings. The molecule has 0 aromatic heterocycles. The van der Waals surface area contributed by atoms with Crippen molar-refractivity contribution >= 4 is 23.2 Å². The number of aliphatic hydroxyl groups excluding tert-OH is 1. The highest BCUT2D eigenvalue weighted by molar-refractivity contribution is 5.97. The lowest BCUT2D eigenvalue weighted by Gasteiger charge is -2.34. The van der Waals surface area contributed by atoms with Crippen molar-refractivity contribution in [2.75, 3.05) is 36.5 Å². The van der Waals surface area contributed by atoms with Gasteiger partial charge in [0.25, 0.3) is 0 Å². The van der Waals surface area contributed by atoms with Gasteiger partial charge in [0, 0.05) is 56.0 Å². The van der Waals surface area contributed by atoms with Crippen LogP contribution in [-0.4, -0.2) is 43.2 Å². The van der Waals surface area contributed by atoms with Crippen molar-refractivity contribution < 1.29 is 14.7 Å². The Morgan fingerprint density at radius 1 is 1.08 bits per heavy atom. The van der Waals surface area contributed by atoms with E-state index in [1.165, 1.54) is 29.8 Å². The third-order valence-electron chi connectivity index (χ3n) is 5.42. The molecule has 3 aliphatic heterocycles. The summed E-state index contributed by atoms with van der Waals surface area (Å²) in [5, 5.41) is 14.7. The van der Waals surface area contributed by atoms with E-state index in [2.05, 4.69) is 33.7 Å². The number of imide groups is 1. The van der Waals surface area contributed by atoms with Crippen LogP contribution in [0.2, 0.25) is 0 Å². The number of hydrogen-bond donors (Lipinski definition) is 3. The van der Waals surface area contributed by atoms with E-state index in [4.69, 9.17) is 5.11 Å². The summed E-state index contributed by atoms with van der Waals surface area (Å²) >= 11 is 0. The fourth-order valence-corrected chi connectivity index (χ4v) is 3.96. The Balaban J connectivity index is 0.000000206. The molecule has 0 unspecified atom stereocenters. The van der Waals surface area contributed by atoms with Gasteiger partial charge in [-0.25, -0.2) is 0 Å². The lowest BCUT2D eigenvalue weighted by molar-refractivity contribution is -0.132. The van der Waals surface area contributed by atoms with Gasteiger partial charge in [0.05, 0.1) is 0 Å². The van der Waals surface area contributed by atoms with E-state index < -0.39 is 0 Å². The number of amides is 2. The minimum Gasteiger partial charge on any atom is -0.396 e. The van der Waals surface area contributed by atoms with E-state index in [1.807, 2.05) is 0 Å². The van der Waals surface area contributed by atoms with E-state index in [0.29, 0.717) is 25.9 Å². The van der Waals surface area contributed by atoms with Gasteiger partial charge in [0.15, 0.2) is 0 Å². The predicted octanol–water partition coefficient (Wildman–Crippen LogP) is 2.07. The number of rotatable bonds is 3. The molecule has 1 aromatic rings. The molecule has 2 fully saturated rings. The maximum atomic E-state index is 10.3. The zero-order chi connectivity index (χ0) is 18.4. The van der Waals surface area contributed by atoms with Gasteiger partial charge in [-0.2, -0.15) is 0 Å². The molecule has 0 atom stereocenters. The summed E-state index contributed by atoms with van der Waals surface area (Å²) in [5.41, 5.74) is 4.25. The van der Waals surface area contributed by atoms with Crippen molar-refractivity contribution in [2.24, 2.45) is 5.92 Å². The molecule has 1 aromatic carbocycles. The second-order valence-electron chi connectivity index (χ2n) is 7.25. The number of nitrogens with zero attached hydrogens (tertiary/aromatic N) is 1. The standard InChI is InChI=1S/C15H22N2O.C5H7NO2/c18-11-7-12-5-9-17(10-6-12)15-3-1-2-14-13(15)4-8-16-14;7-4-2-1-3-5(8)6-4/h1-3,12,16,18H,4-11H2;1-3H2,(H,6,7,8). The Kier molecular flexibility index (Phi) is 6.50. The van der Waals surface area contributed by atoms with Crippen LogP contribution in [0, 0.1) is 5.92 Å². The van der Waals surface area contributed by atoms with E-state index in [9.17, 15) is 9.59 Å². The maximum absolute atomic E-state index is 10.3. The number of carbonyl (C=O) groups excluding carboxylic acids is 2. The Morgan fingerprint density at radius 3 is 2.42 bits per heavy atom. The van der Waals surface area contributed by atoms with Crippen LogP contribution < -0.4 is 15.5 Å². The number of benzene rings is 1. The molecule has 6 nitrogen and oxygen atoms in total. The summed E-state index contributed by atoms with van der Waals surface area (Å²) in [7, 11) is 0. The molecule has 3 N–H and O–H groups in total. The van der Waals surface area contributed by atoms with Gasteiger partial charge in [-0.05, 0) is 50.2 Å². The number of nitrogens with one attached hydrogen (secondary N) is 2. The Labute approximate surface area is 155 Å².